The maximum absolute atomic E-state index is 5.71. The van der Waals surface area contributed by atoms with E-state index in [1.54, 1.807) is 0 Å². The Kier molecular flexibility index (Phi) is 4.73. The maximum atomic E-state index is 5.71. The van der Waals surface area contributed by atoms with E-state index in [9.17, 15) is 0 Å². The Morgan fingerprint density at radius 3 is 2.29 bits per heavy atom. The van der Waals surface area contributed by atoms with E-state index in [-0.39, 0.29) is 0 Å². The highest BCUT2D eigenvalue weighted by molar-refractivity contribution is 14.1. The molecule has 0 heterocycles. The Hall–Kier alpha value is -0.770. The fourth-order valence-corrected chi connectivity index (χ4v) is 1.46. The fraction of sp³-hybridized carbons (Fsp3) is 0.167. The summed E-state index contributed by atoms with van der Waals surface area (Å²) in [6.45, 7) is 2.17. The number of rotatable bonds is 1. The molecule has 0 aliphatic rings. The van der Waals surface area contributed by atoms with Crippen molar-refractivity contribution in [2.45, 2.75) is 10.8 Å². The van der Waals surface area contributed by atoms with Crippen molar-refractivity contribution in [2.75, 3.05) is 5.73 Å². The Labute approximate surface area is 98.8 Å². The van der Waals surface area contributed by atoms with Crippen LogP contribution in [0.5, 0.6) is 0 Å². The zero-order valence-electron chi connectivity index (χ0n) is 8.15. The van der Waals surface area contributed by atoms with Crippen molar-refractivity contribution in [3.8, 4) is 0 Å². The van der Waals surface area contributed by atoms with Crippen LogP contribution in [-0.4, -0.2) is 0 Å². The van der Waals surface area contributed by atoms with Crippen molar-refractivity contribution >= 4 is 28.3 Å². The van der Waals surface area contributed by atoms with Gasteiger partial charge >= 0.3 is 0 Å². The summed E-state index contributed by atoms with van der Waals surface area (Å²) in [4.78, 5) is 0. The molecule has 0 amide bonds. The molecule has 0 saturated carbocycles. The molecule has 0 saturated heterocycles. The van der Waals surface area contributed by atoms with Gasteiger partial charge in [-0.25, -0.2) is 0 Å². The molecule has 1 atom stereocenters. The maximum Gasteiger partial charge on any atom is 0.0331 e. The molecular weight excluding hydrogens is 285 g/mol. The van der Waals surface area contributed by atoms with E-state index in [1.807, 2.05) is 36.4 Å². The summed E-state index contributed by atoms with van der Waals surface area (Å²) >= 11 is 2.40. The third kappa shape index (κ3) is 3.96. The summed E-state index contributed by atoms with van der Waals surface area (Å²) in [7, 11) is 0. The monoisotopic (exact) mass is 299 g/mol. The first-order chi connectivity index (χ1) is 6.70. The fourth-order valence-electron chi connectivity index (χ4n) is 1.04. The van der Waals surface area contributed by atoms with Crippen LogP contribution in [-0.2, 0) is 0 Å². The molecule has 1 aromatic carbocycles. The first-order valence-electron chi connectivity index (χ1n) is 4.53. The van der Waals surface area contributed by atoms with E-state index in [2.05, 4.69) is 41.6 Å². The largest absolute Gasteiger partial charge is 0.399 e. The molecule has 1 aromatic rings. The topological polar surface area (TPSA) is 26.0 Å². The number of nitrogens with two attached hydrogens (primary N) is 1. The Morgan fingerprint density at radius 1 is 1.00 bits per heavy atom. The highest BCUT2D eigenvalue weighted by Crippen LogP contribution is 2.20. The quantitative estimate of drug-likeness (QED) is 0.618. The first-order valence-corrected chi connectivity index (χ1v) is 5.77. The summed E-state index contributed by atoms with van der Waals surface area (Å²) in [5, 5.41) is 0. The van der Waals surface area contributed by atoms with Crippen LogP contribution in [0.4, 0.5) is 5.69 Å². The minimum absolute atomic E-state index is 0.506. The normalized spacial score (nSPS) is 11.6. The predicted octanol–water partition coefficient (Wildman–Crippen LogP) is 3.89. The summed E-state index contributed by atoms with van der Waals surface area (Å²) in [6, 6.07) is 15.9. The minimum atomic E-state index is 0.506. The van der Waals surface area contributed by atoms with E-state index in [0.717, 1.165) is 5.69 Å². The van der Waals surface area contributed by atoms with Gasteiger partial charge in [0.05, 0.1) is 0 Å². The number of hydrogen-bond acceptors (Lipinski definition) is 1. The summed E-state index contributed by atoms with van der Waals surface area (Å²) < 4.78 is 0.506. The van der Waals surface area contributed by atoms with Gasteiger partial charge in [-0.15, -0.1) is 0 Å². The van der Waals surface area contributed by atoms with Gasteiger partial charge in [-0.1, -0.05) is 59.0 Å². The lowest BCUT2D eigenvalue weighted by molar-refractivity contribution is 1.15. The standard InChI is InChI=1S/C12H14IN/c1-10(13)11-6-3-2-4-8-12(14)9-5-7-11/h2-10H,14H2,1H3. The Balaban J connectivity index is 3.19. The number of nitrogen functional groups attached to an aromatic ring is 1. The molecule has 2 N–H and O–H groups in total. The molecule has 1 unspecified atom stereocenters. The van der Waals surface area contributed by atoms with E-state index >= 15 is 0 Å². The molecule has 0 spiro atoms. The molecule has 0 radical (unpaired) electrons. The number of hydrogen-bond donors (Lipinski definition) is 1. The second kappa shape index (κ2) is 5.86. The first kappa shape index (κ1) is 11.3. The van der Waals surface area contributed by atoms with Gasteiger partial charge in [0.25, 0.3) is 0 Å². The zero-order valence-corrected chi connectivity index (χ0v) is 10.3. The summed E-state index contributed by atoms with van der Waals surface area (Å²) in [5.41, 5.74) is 7.78. The minimum Gasteiger partial charge on any atom is -0.399 e. The van der Waals surface area contributed by atoms with Gasteiger partial charge in [0.15, 0.2) is 0 Å². The van der Waals surface area contributed by atoms with Gasteiger partial charge in [0.2, 0.25) is 0 Å². The van der Waals surface area contributed by atoms with Crippen LogP contribution in [0.25, 0.3) is 0 Å². The number of anilines is 1. The average molecular weight is 299 g/mol. The van der Waals surface area contributed by atoms with Crippen LogP contribution < -0.4 is 5.73 Å². The van der Waals surface area contributed by atoms with Crippen LogP contribution in [0, 0.1) is 0 Å². The highest BCUT2D eigenvalue weighted by Gasteiger charge is 1.94. The SMILES string of the molecule is CC(I)c1cccccc(N)ccc1. The molecule has 0 fully saturated rings. The van der Waals surface area contributed by atoms with Gasteiger partial charge in [0.1, 0.15) is 0 Å². The highest BCUT2D eigenvalue weighted by atomic mass is 127. The Bertz CT molecular complexity index is 346. The smallest absolute Gasteiger partial charge is 0.0331 e. The van der Waals surface area contributed by atoms with Gasteiger partial charge < -0.3 is 5.73 Å². The van der Waals surface area contributed by atoms with E-state index in [1.165, 1.54) is 5.56 Å². The second-order valence-corrected chi connectivity index (χ2v) is 4.92. The zero-order chi connectivity index (χ0) is 10.4. The van der Waals surface area contributed by atoms with Crippen molar-refractivity contribution in [1.82, 2.24) is 0 Å². The van der Waals surface area contributed by atoms with Crippen molar-refractivity contribution in [3.05, 3.63) is 54.1 Å². The molecule has 1 nitrogen and oxygen atoms in total. The predicted molar refractivity (Wildman–Crippen MR) is 70.9 cm³/mol. The molecule has 2 heteroatoms. The second-order valence-electron chi connectivity index (χ2n) is 3.05. The lowest BCUT2D eigenvalue weighted by Crippen LogP contribution is -1.80. The molecule has 0 bridgehead atoms. The van der Waals surface area contributed by atoms with Crippen LogP contribution in [0.1, 0.15) is 16.4 Å². The third-order valence-corrected chi connectivity index (χ3v) is 2.56. The summed E-state index contributed by atoms with van der Waals surface area (Å²) in [5.74, 6) is 0. The molecule has 0 aliphatic carbocycles. The van der Waals surface area contributed by atoms with Crippen LogP contribution >= 0.6 is 22.6 Å². The van der Waals surface area contributed by atoms with E-state index < -0.39 is 0 Å². The molecular formula is C12H14IN. The summed E-state index contributed by atoms with van der Waals surface area (Å²) in [6.07, 6.45) is 0. The van der Waals surface area contributed by atoms with Gasteiger partial charge in [-0.2, -0.15) is 0 Å². The number of halogens is 1. The van der Waals surface area contributed by atoms with Crippen LogP contribution in [0.2, 0.25) is 0 Å². The van der Waals surface area contributed by atoms with Crippen molar-refractivity contribution < 1.29 is 0 Å². The lowest BCUT2D eigenvalue weighted by atomic mass is 10.2. The van der Waals surface area contributed by atoms with Crippen molar-refractivity contribution in [1.29, 1.82) is 0 Å². The van der Waals surface area contributed by atoms with Crippen LogP contribution in [0.15, 0.2) is 48.5 Å². The van der Waals surface area contributed by atoms with Gasteiger partial charge in [0, 0.05) is 9.61 Å². The Morgan fingerprint density at radius 2 is 1.57 bits per heavy atom. The molecule has 0 aliphatic heterocycles. The van der Waals surface area contributed by atoms with E-state index in [4.69, 9.17) is 5.73 Å². The molecule has 0 aromatic heterocycles. The van der Waals surface area contributed by atoms with Gasteiger partial charge in [-0.05, 0) is 24.6 Å². The molecule has 1 rings (SSSR count). The third-order valence-electron chi connectivity index (χ3n) is 1.84. The van der Waals surface area contributed by atoms with Crippen molar-refractivity contribution in [3.63, 3.8) is 0 Å². The van der Waals surface area contributed by atoms with Gasteiger partial charge in [-0.3, -0.25) is 0 Å². The van der Waals surface area contributed by atoms with Crippen molar-refractivity contribution in [2.24, 2.45) is 0 Å². The molecule has 14 heavy (non-hydrogen) atoms. The average Bonchev–Trinajstić information content (AvgIpc) is 2.15. The lowest BCUT2D eigenvalue weighted by Gasteiger charge is -1.98. The van der Waals surface area contributed by atoms with E-state index in [0.29, 0.717) is 3.92 Å². The molecule has 74 valence electrons. The van der Waals surface area contributed by atoms with Crippen LogP contribution in [0.3, 0.4) is 0 Å². The number of alkyl halides is 1.